The van der Waals surface area contributed by atoms with Gasteiger partial charge in [0.1, 0.15) is 5.82 Å². The Hall–Kier alpha value is -1.88. The van der Waals surface area contributed by atoms with Crippen molar-refractivity contribution in [3.8, 4) is 11.1 Å². The highest BCUT2D eigenvalue weighted by molar-refractivity contribution is 5.71. The molecule has 0 aliphatic rings. The maximum absolute atomic E-state index is 13.8. The Morgan fingerprint density at radius 3 is 2.71 bits per heavy atom. The van der Waals surface area contributed by atoms with Crippen LogP contribution in [0.4, 0.5) is 10.3 Å². The van der Waals surface area contributed by atoms with E-state index in [9.17, 15) is 4.39 Å². The van der Waals surface area contributed by atoms with E-state index in [2.05, 4.69) is 5.16 Å². The second-order valence-electron chi connectivity index (χ2n) is 4.15. The molecule has 0 radical (unpaired) electrons. The lowest BCUT2D eigenvalue weighted by Gasteiger charge is -2.11. The molecule has 1 heterocycles. The van der Waals surface area contributed by atoms with Gasteiger partial charge in [-0.25, -0.2) is 4.39 Å². The van der Waals surface area contributed by atoms with Crippen LogP contribution in [0.15, 0.2) is 28.9 Å². The predicted octanol–water partition coefficient (Wildman–Crippen LogP) is 2.12. The van der Waals surface area contributed by atoms with Gasteiger partial charge in [-0.2, -0.15) is 0 Å². The standard InChI is InChI=1S/C12H14FN3O/c1-16(2)7-9-4-3-8(5-11(9)13)10-6-15-17-12(10)14/h3-6H,7,14H2,1-2H3. The molecule has 90 valence electrons. The predicted molar refractivity (Wildman–Crippen MR) is 63.7 cm³/mol. The summed E-state index contributed by atoms with van der Waals surface area (Å²) < 4.78 is 18.6. The van der Waals surface area contributed by atoms with Crippen molar-refractivity contribution in [1.82, 2.24) is 10.1 Å². The molecular formula is C12H14FN3O. The summed E-state index contributed by atoms with van der Waals surface area (Å²) in [5, 5.41) is 3.57. The first-order valence-electron chi connectivity index (χ1n) is 5.21. The van der Waals surface area contributed by atoms with Crippen LogP contribution in [-0.2, 0) is 6.54 Å². The van der Waals surface area contributed by atoms with Crippen LogP contribution < -0.4 is 5.73 Å². The van der Waals surface area contributed by atoms with E-state index < -0.39 is 0 Å². The van der Waals surface area contributed by atoms with E-state index in [0.717, 1.165) is 0 Å². The minimum Gasteiger partial charge on any atom is -0.367 e. The Morgan fingerprint density at radius 2 is 2.18 bits per heavy atom. The van der Waals surface area contributed by atoms with E-state index in [1.165, 1.54) is 12.3 Å². The summed E-state index contributed by atoms with van der Waals surface area (Å²) in [5.74, 6) is -0.0541. The van der Waals surface area contributed by atoms with Gasteiger partial charge in [-0.1, -0.05) is 17.3 Å². The van der Waals surface area contributed by atoms with Gasteiger partial charge < -0.3 is 15.2 Å². The number of benzene rings is 1. The van der Waals surface area contributed by atoms with Crippen molar-refractivity contribution in [1.29, 1.82) is 0 Å². The van der Waals surface area contributed by atoms with Gasteiger partial charge in [-0.15, -0.1) is 0 Å². The minimum absolute atomic E-state index is 0.199. The van der Waals surface area contributed by atoms with Gasteiger partial charge in [0.05, 0.1) is 11.8 Å². The SMILES string of the molecule is CN(C)Cc1ccc(-c2cnoc2N)cc1F. The molecule has 0 saturated heterocycles. The fourth-order valence-electron chi connectivity index (χ4n) is 1.65. The van der Waals surface area contributed by atoms with Crippen LogP contribution in [0.3, 0.4) is 0 Å². The van der Waals surface area contributed by atoms with Crippen LogP contribution in [0.25, 0.3) is 11.1 Å². The number of hydrogen-bond donors (Lipinski definition) is 1. The van der Waals surface area contributed by atoms with Crippen LogP contribution in [0.1, 0.15) is 5.56 Å². The third-order valence-electron chi connectivity index (χ3n) is 2.45. The maximum Gasteiger partial charge on any atom is 0.229 e. The zero-order valence-electron chi connectivity index (χ0n) is 9.77. The fraction of sp³-hybridized carbons (Fsp3) is 0.250. The molecule has 0 amide bonds. The van der Waals surface area contributed by atoms with Gasteiger partial charge in [0.2, 0.25) is 5.88 Å². The zero-order chi connectivity index (χ0) is 12.4. The van der Waals surface area contributed by atoms with Crippen molar-refractivity contribution in [3.05, 3.63) is 35.8 Å². The lowest BCUT2D eigenvalue weighted by atomic mass is 10.1. The largest absolute Gasteiger partial charge is 0.367 e. The van der Waals surface area contributed by atoms with Crippen molar-refractivity contribution < 1.29 is 8.91 Å². The van der Waals surface area contributed by atoms with Crippen molar-refractivity contribution >= 4 is 5.88 Å². The lowest BCUT2D eigenvalue weighted by Crippen LogP contribution is -2.11. The van der Waals surface area contributed by atoms with Gasteiger partial charge in [-0.05, 0) is 25.7 Å². The lowest BCUT2D eigenvalue weighted by molar-refractivity contribution is 0.392. The molecule has 17 heavy (non-hydrogen) atoms. The smallest absolute Gasteiger partial charge is 0.229 e. The van der Waals surface area contributed by atoms with Crippen molar-refractivity contribution in [3.63, 3.8) is 0 Å². The first kappa shape index (κ1) is 11.6. The molecule has 1 aromatic carbocycles. The van der Waals surface area contributed by atoms with E-state index in [0.29, 0.717) is 23.2 Å². The average molecular weight is 235 g/mol. The van der Waals surface area contributed by atoms with E-state index >= 15 is 0 Å². The summed E-state index contributed by atoms with van der Waals surface area (Å²) in [5.41, 5.74) is 7.51. The Labute approximate surface area is 98.8 Å². The molecule has 0 aliphatic heterocycles. The normalized spacial score (nSPS) is 11.1. The molecule has 1 aromatic heterocycles. The summed E-state index contributed by atoms with van der Waals surface area (Å²) in [6.45, 7) is 0.561. The van der Waals surface area contributed by atoms with Crippen molar-refractivity contribution in [2.24, 2.45) is 0 Å². The summed E-state index contributed by atoms with van der Waals surface area (Å²) in [6, 6.07) is 5.00. The molecular weight excluding hydrogens is 221 g/mol. The molecule has 2 N–H and O–H groups in total. The molecule has 4 nitrogen and oxygen atoms in total. The average Bonchev–Trinajstić information content (AvgIpc) is 2.67. The van der Waals surface area contributed by atoms with Crippen molar-refractivity contribution in [2.45, 2.75) is 6.54 Å². The summed E-state index contributed by atoms with van der Waals surface area (Å²) in [4.78, 5) is 1.91. The number of aromatic nitrogens is 1. The number of nitrogens with zero attached hydrogens (tertiary/aromatic N) is 2. The number of nitrogens with two attached hydrogens (primary N) is 1. The molecule has 2 aromatic rings. The Morgan fingerprint density at radius 1 is 1.41 bits per heavy atom. The molecule has 0 unspecified atom stereocenters. The maximum atomic E-state index is 13.8. The minimum atomic E-state index is -0.253. The van der Waals surface area contributed by atoms with E-state index in [1.54, 1.807) is 6.07 Å². The van der Waals surface area contributed by atoms with E-state index in [-0.39, 0.29) is 11.7 Å². The number of anilines is 1. The molecule has 0 bridgehead atoms. The van der Waals surface area contributed by atoms with Crippen LogP contribution in [0.2, 0.25) is 0 Å². The van der Waals surface area contributed by atoms with Crippen LogP contribution in [-0.4, -0.2) is 24.2 Å². The van der Waals surface area contributed by atoms with Crippen molar-refractivity contribution in [2.75, 3.05) is 19.8 Å². The highest BCUT2D eigenvalue weighted by atomic mass is 19.1. The van der Waals surface area contributed by atoms with Crippen LogP contribution in [0, 0.1) is 5.82 Å². The highest BCUT2D eigenvalue weighted by Crippen LogP contribution is 2.27. The Bertz CT molecular complexity index is 522. The Balaban J connectivity index is 2.34. The quantitative estimate of drug-likeness (QED) is 0.885. The second-order valence-corrected chi connectivity index (χ2v) is 4.15. The van der Waals surface area contributed by atoms with Gasteiger partial charge >= 0.3 is 0 Å². The van der Waals surface area contributed by atoms with E-state index in [1.807, 2.05) is 25.1 Å². The molecule has 0 fully saturated rings. The van der Waals surface area contributed by atoms with Gasteiger partial charge in [0.15, 0.2) is 0 Å². The summed E-state index contributed by atoms with van der Waals surface area (Å²) in [7, 11) is 3.79. The Kier molecular flexibility index (Phi) is 3.10. The van der Waals surface area contributed by atoms with Crippen LogP contribution in [0.5, 0.6) is 0 Å². The molecule has 5 heteroatoms. The zero-order valence-corrected chi connectivity index (χ0v) is 9.77. The van der Waals surface area contributed by atoms with Gasteiger partial charge in [-0.3, -0.25) is 0 Å². The van der Waals surface area contributed by atoms with Gasteiger partial charge in [0.25, 0.3) is 0 Å². The number of hydrogen-bond acceptors (Lipinski definition) is 4. The van der Waals surface area contributed by atoms with E-state index in [4.69, 9.17) is 10.3 Å². The molecule has 2 rings (SSSR count). The third kappa shape index (κ3) is 2.45. The summed E-state index contributed by atoms with van der Waals surface area (Å²) in [6.07, 6.45) is 1.48. The summed E-state index contributed by atoms with van der Waals surface area (Å²) >= 11 is 0. The monoisotopic (exact) mass is 235 g/mol. The van der Waals surface area contributed by atoms with Gasteiger partial charge in [0, 0.05) is 12.1 Å². The number of rotatable bonds is 3. The second kappa shape index (κ2) is 4.55. The number of nitrogen functional groups attached to an aromatic ring is 1. The molecule has 0 atom stereocenters. The molecule has 0 aliphatic carbocycles. The number of halogens is 1. The molecule has 0 saturated carbocycles. The van der Waals surface area contributed by atoms with Crippen LogP contribution >= 0.6 is 0 Å². The fourth-order valence-corrected chi connectivity index (χ4v) is 1.65. The highest BCUT2D eigenvalue weighted by Gasteiger charge is 2.10. The topological polar surface area (TPSA) is 55.3 Å². The molecule has 0 spiro atoms. The third-order valence-corrected chi connectivity index (χ3v) is 2.45. The first-order chi connectivity index (χ1) is 8.08. The first-order valence-corrected chi connectivity index (χ1v) is 5.21.